The van der Waals surface area contributed by atoms with Gasteiger partial charge in [0.15, 0.2) is 0 Å². The Morgan fingerprint density at radius 1 is 1.58 bits per heavy atom. The molecule has 0 aliphatic rings. The molecule has 7 nitrogen and oxygen atoms in total. The fourth-order valence-electron chi connectivity index (χ4n) is 1.77. The van der Waals surface area contributed by atoms with Gasteiger partial charge in [0.05, 0.1) is 6.54 Å². The first-order chi connectivity index (χ1) is 9.19. The molecule has 2 rings (SSSR count). The molecule has 2 heterocycles. The lowest BCUT2D eigenvalue weighted by Gasteiger charge is -2.12. The molecular formula is C12H18N6O. The van der Waals surface area contributed by atoms with Crippen molar-refractivity contribution in [3.63, 3.8) is 0 Å². The number of amides is 1. The van der Waals surface area contributed by atoms with Gasteiger partial charge in [0.25, 0.3) is 5.91 Å². The highest BCUT2D eigenvalue weighted by Gasteiger charge is 2.15. The highest BCUT2D eigenvalue weighted by Crippen LogP contribution is 1.98. The summed E-state index contributed by atoms with van der Waals surface area (Å²) in [5.74, 6) is 0.668. The Balaban J connectivity index is 1.88. The fourth-order valence-corrected chi connectivity index (χ4v) is 1.77. The van der Waals surface area contributed by atoms with E-state index in [9.17, 15) is 4.79 Å². The Kier molecular flexibility index (Phi) is 4.27. The summed E-state index contributed by atoms with van der Waals surface area (Å²) >= 11 is 0. The van der Waals surface area contributed by atoms with E-state index in [2.05, 4.69) is 32.5 Å². The summed E-state index contributed by atoms with van der Waals surface area (Å²) in [6, 6.07) is 1.81. The first-order valence-electron chi connectivity index (χ1n) is 6.38. The second-order valence-corrected chi connectivity index (χ2v) is 4.46. The molecular weight excluding hydrogens is 244 g/mol. The quantitative estimate of drug-likeness (QED) is 0.805. The summed E-state index contributed by atoms with van der Waals surface area (Å²) in [6.45, 7) is 4.58. The molecule has 2 aromatic rings. The van der Waals surface area contributed by atoms with Crippen LogP contribution in [-0.4, -0.2) is 36.9 Å². The van der Waals surface area contributed by atoms with Crippen LogP contribution < -0.4 is 5.32 Å². The number of aryl methyl sites for hydroxylation is 1. The predicted molar refractivity (Wildman–Crippen MR) is 69.5 cm³/mol. The van der Waals surface area contributed by atoms with Gasteiger partial charge in [-0.3, -0.25) is 14.6 Å². The van der Waals surface area contributed by atoms with Crippen LogP contribution in [0.1, 0.15) is 36.7 Å². The molecule has 0 aliphatic carbocycles. The molecule has 0 radical (unpaired) electrons. The largest absolute Gasteiger partial charge is 0.345 e. The first-order valence-corrected chi connectivity index (χ1v) is 6.38. The third-order valence-electron chi connectivity index (χ3n) is 2.62. The van der Waals surface area contributed by atoms with Crippen LogP contribution in [0.5, 0.6) is 0 Å². The minimum absolute atomic E-state index is 0.0412. The number of aromatic nitrogens is 5. The molecule has 0 aliphatic heterocycles. The second-order valence-electron chi connectivity index (χ2n) is 4.46. The van der Waals surface area contributed by atoms with E-state index < -0.39 is 0 Å². The number of carbonyl (C=O) groups is 1. The molecule has 0 spiro atoms. The molecule has 1 atom stereocenters. The van der Waals surface area contributed by atoms with Gasteiger partial charge in [0, 0.05) is 24.9 Å². The first kappa shape index (κ1) is 13.3. The number of hydrogen-bond acceptors (Lipinski definition) is 4. The number of nitrogens with one attached hydrogen (secondary N) is 2. The Bertz CT molecular complexity index is 518. The highest BCUT2D eigenvalue weighted by molar-refractivity contribution is 5.90. The molecule has 7 heteroatoms. The summed E-state index contributed by atoms with van der Waals surface area (Å²) in [5, 5.41) is 13.6. The summed E-state index contributed by atoms with van der Waals surface area (Å²) in [4.78, 5) is 16.1. The van der Waals surface area contributed by atoms with E-state index in [0.717, 1.165) is 18.7 Å². The maximum atomic E-state index is 11.9. The van der Waals surface area contributed by atoms with Gasteiger partial charge in [-0.1, -0.05) is 6.92 Å². The Morgan fingerprint density at radius 3 is 3.11 bits per heavy atom. The van der Waals surface area contributed by atoms with Crippen molar-refractivity contribution in [1.82, 2.24) is 30.3 Å². The zero-order valence-corrected chi connectivity index (χ0v) is 11.1. The second kappa shape index (κ2) is 6.12. The van der Waals surface area contributed by atoms with Crippen LogP contribution in [0, 0.1) is 0 Å². The molecule has 0 aromatic carbocycles. The van der Waals surface area contributed by atoms with Crippen LogP contribution >= 0.6 is 0 Å². The maximum Gasteiger partial charge on any atom is 0.291 e. The number of aromatic amines is 1. The molecule has 1 unspecified atom stereocenters. The van der Waals surface area contributed by atoms with Gasteiger partial charge in [-0.25, -0.2) is 4.98 Å². The molecule has 1 amide bonds. The molecule has 19 heavy (non-hydrogen) atoms. The SMILES string of the molecule is CCCc1nc(C(=O)NC(C)Cn2cccn2)n[nH]1. The number of carbonyl (C=O) groups excluding carboxylic acids is 1. The van der Waals surface area contributed by atoms with Gasteiger partial charge in [0.2, 0.25) is 5.82 Å². The third kappa shape index (κ3) is 3.64. The van der Waals surface area contributed by atoms with Crippen LogP contribution in [0.4, 0.5) is 0 Å². The molecule has 0 saturated heterocycles. The van der Waals surface area contributed by atoms with Crippen molar-refractivity contribution in [2.75, 3.05) is 0 Å². The van der Waals surface area contributed by atoms with Crippen LogP contribution in [0.25, 0.3) is 0 Å². The monoisotopic (exact) mass is 262 g/mol. The van der Waals surface area contributed by atoms with E-state index in [1.54, 1.807) is 10.9 Å². The highest BCUT2D eigenvalue weighted by atomic mass is 16.2. The van der Waals surface area contributed by atoms with Crippen molar-refractivity contribution in [1.29, 1.82) is 0 Å². The van der Waals surface area contributed by atoms with Gasteiger partial charge >= 0.3 is 0 Å². The lowest BCUT2D eigenvalue weighted by molar-refractivity contribution is 0.0926. The summed E-state index contributed by atoms with van der Waals surface area (Å²) < 4.78 is 1.77. The normalized spacial score (nSPS) is 12.3. The van der Waals surface area contributed by atoms with E-state index in [1.165, 1.54) is 0 Å². The smallest absolute Gasteiger partial charge is 0.291 e. The summed E-state index contributed by atoms with van der Waals surface area (Å²) in [7, 11) is 0. The molecule has 2 aromatic heterocycles. The van der Waals surface area contributed by atoms with E-state index >= 15 is 0 Å². The fraction of sp³-hybridized carbons (Fsp3) is 0.500. The van der Waals surface area contributed by atoms with Crippen LogP contribution in [-0.2, 0) is 13.0 Å². The Hall–Kier alpha value is -2.18. The van der Waals surface area contributed by atoms with Gasteiger partial charge in [0.1, 0.15) is 5.82 Å². The van der Waals surface area contributed by atoms with Crippen molar-refractivity contribution in [2.45, 2.75) is 39.3 Å². The van der Waals surface area contributed by atoms with Gasteiger partial charge in [-0.15, -0.1) is 5.10 Å². The molecule has 0 saturated carbocycles. The minimum atomic E-state index is -0.266. The maximum absolute atomic E-state index is 11.9. The van der Waals surface area contributed by atoms with Gasteiger partial charge in [-0.2, -0.15) is 5.10 Å². The van der Waals surface area contributed by atoms with Crippen molar-refractivity contribution in [3.05, 3.63) is 30.1 Å². The van der Waals surface area contributed by atoms with E-state index in [-0.39, 0.29) is 17.8 Å². The summed E-state index contributed by atoms with van der Waals surface area (Å²) in [5.41, 5.74) is 0. The average Bonchev–Trinajstić information content (AvgIpc) is 3.00. The number of H-pyrrole nitrogens is 1. The Labute approximate surface area is 111 Å². The van der Waals surface area contributed by atoms with Gasteiger partial charge < -0.3 is 5.32 Å². The molecule has 0 fully saturated rings. The van der Waals surface area contributed by atoms with Crippen molar-refractivity contribution in [3.8, 4) is 0 Å². The van der Waals surface area contributed by atoms with Crippen LogP contribution in [0.2, 0.25) is 0 Å². The minimum Gasteiger partial charge on any atom is -0.345 e. The zero-order chi connectivity index (χ0) is 13.7. The standard InChI is InChI=1S/C12H18N6O/c1-3-5-10-15-11(17-16-10)12(19)14-9(2)8-18-7-4-6-13-18/h4,6-7,9H,3,5,8H2,1-2H3,(H,14,19)(H,15,16,17). The topological polar surface area (TPSA) is 88.5 Å². The Morgan fingerprint density at radius 2 is 2.42 bits per heavy atom. The third-order valence-corrected chi connectivity index (χ3v) is 2.62. The summed E-state index contributed by atoms with van der Waals surface area (Å²) in [6.07, 6.45) is 5.32. The zero-order valence-electron chi connectivity index (χ0n) is 11.1. The lowest BCUT2D eigenvalue weighted by Crippen LogP contribution is -2.36. The van der Waals surface area contributed by atoms with Crippen molar-refractivity contribution >= 4 is 5.91 Å². The lowest BCUT2D eigenvalue weighted by atomic mass is 10.3. The predicted octanol–water partition coefficient (Wildman–Crippen LogP) is 0.772. The van der Waals surface area contributed by atoms with Crippen LogP contribution in [0.3, 0.4) is 0 Å². The molecule has 0 bridgehead atoms. The van der Waals surface area contributed by atoms with Crippen molar-refractivity contribution in [2.24, 2.45) is 0 Å². The molecule has 2 N–H and O–H groups in total. The van der Waals surface area contributed by atoms with Crippen LogP contribution in [0.15, 0.2) is 18.5 Å². The number of hydrogen-bond donors (Lipinski definition) is 2. The van der Waals surface area contributed by atoms with Crippen molar-refractivity contribution < 1.29 is 4.79 Å². The number of nitrogens with zero attached hydrogens (tertiary/aromatic N) is 4. The average molecular weight is 262 g/mol. The molecule has 102 valence electrons. The van der Waals surface area contributed by atoms with Gasteiger partial charge in [-0.05, 0) is 19.4 Å². The van der Waals surface area contributed by atoms with E-state index in [1.807, 2.05) is 19.2 Å². The number of rotatable bonds is 6. The van der Waals surface area contributed by atoms with E-state index in [4.69, 9.17) is 0 Å². The van der Waals surface area contributed by atoms with E-state index in [0.29, 0.717) is 6.54 Å².